The Hall–Kier alpha value is -2.92. The van der Waals surface area contributed by atoms with Crippen molar-refractivity contribution >= 4 is 35.6 Å². The number of aliphatic hydroxyl groups is 4. The molecule has 0 aromatic heterocycles. The Morgan fingerprint density at radius 1 is 1.24 bits per heavy atom. The van der Waals surface area contributed by atoms with Crippen LogP contribution in [0, 0.1) is 11.8 Å². The summed E-state index contributed by atoms with van der Waals surface area (Å²) in [7, 11) is 0.981. The average molecular weight is 484 g/mol. The third-order valence-corrected chi connectivity index (χ3v) is 6.85. The maximum absolute atomic E-state index is 13.8. The predicted octanol–water partition coefficient (Wildman–Crippen LogP) is -0.0824. The summed E-state index contributed by atoms with van der Waals surface area (Å²) in [6, 6.07) is 2.32. The molecular weight excluding hydrogens is 456 g/mol. The number of fused-ring (bicyclic) bond motifs is 3. The van der Waals surface area contributed by atoms with Crippen molar-refractivity contribution in [2.24, 2.45) is 17.6 Å². The van der Waals surface area contributed by atoms with E-state index in [1.807, 2.05) is 0 Å². The molecule has 1 aromatic rings. The Kier molecular flexibility index (Phi) is 4.91. The van der Waals surface area contributed by atoms with Crippen LogP contribution in [-0.4, -0.2) is 79.7 Å². The topological polar surface area (TPSA) is 182 Å². The molecule has 33 heavy (non-hydrogen) atoms. The van der Waals surface area contributed by atoms with E-state index in [1.54, 1.807) is 13.0 Å². The third-order valence-electron chi connectivity index (χ3n) is 6.85. The van der Waals surface area contributed by atoms with Crippen LogP contribution in [0.5, 0.6) is 5.75 Å². The lowest BCUT2D eigenvalue weighted by atomic mass is 9.54. The Morgan fingerprint density at radius 2 is 1.88 bits per heavy atom. The molecule has 0 saturated heterocycles. The van der Waals surface area contributed by atoms with Crippen LogP contribution in [0.25, 0.3) is 5.76 Å². The van der Waals surface area contributed by atoms with Gasteiger partial charge in [0.2, 0.25) is 5.78 Å². The lowest BCUT2D eigenvalue weighted by Gasteiger charge is -2.53. The fraction of sp³-hybridized carbons (Fsp3) is 0.409. The molecule has 6 atom stereocenters. The summed E-state index contributed by atoms with van der Waals surface area (Å²) in [6.45, 7) is -1.40. The standard InChI is InChI=1S/C22H24N2O8.ClH/c1-7-8-5-4-6-9(25)11(8)16(26)12-10(7)17(27)14-15(24(2)3)18(28)13(21(23)31)20(30)22(14,32)19(12)29;/h4-7,10,14-15,17,25-27,30,32H,1-3H3,(H2,23,31);1H/t7-,10+,14+,15-,17-,22-;/m0./s1/i2D3;. The zero-order valence-corrected chi connectivity index (χ0v) is 18.3. The highest BCUT2D eigenvalue weighted by molar-refractivity contribution is 6.24. The number of carbonyl (C=O) groups is 3. The van der Waals surface area contributed by atoms with E-state index >= 15 is 0 Å². The molecule has 0 radical (unpaired) electrons. The number of Topliss-reactive ketones (excluding diaryl/α,β-unsaturated/α-hetero) is 2. The number of hydrogen-bond acceptors (Lipinski definition) is 9. The number of aliphatic hydroxyl groups excluding tert-OH is 3. The molecule has 0 heterocycles. The van der Waals surface area contributed by atoms with Crippen LogP contribution in [-0.2, 0) is 14.4 Å². The van der Waals surface area contributed by atoms with E-state index < -0.39 is 82.6 Å². The SMILES string of the molecule is Cl.[2H]C([2H])([2H])N(C)[C@@H]1C(=O)C(C(N)=O)=C(O)[C@@]2(O)C(=O)C3=C(O)c4c(O)cccc4[C@H](C)[C@H]3[C@H](O)[C@@H]12. The number of likely N-dealkylation sites (N-methyl/N-ethyl adjacent to an activating group) is 1. The summed E-state index contributed by atoms with van der Waals surface area (Å²) in [5.74, 6) is -10.7. The van der Waals surface area contributed by atoms with E-state index in [1.165, 1.54) is 12.1 Å². The molecular formula is C22H25ClN2O8. The van der Waals surface area contributed by atoms with Gasteiger partial charge in [-0.05, 0) is 31.6 Å². The number of amides is 1. The maximum Gasteiger partial charge on any atom is 0.255 e. The van der Waals surface area contributed by atoms with Crippen molar-refractivity contribution in [1.29, 1.82) is 0 Å². The van der Waals surface area contributed by atoms with Crippen LogP contribution in [0.4, 0.5) is 0 Å². The Labute approximate surface area is 199 Å². The molecule has 1 saturated carbocycles. The van der Waals surface area contributed by atoms with E-state index in [9.17, 15) is 39.9 Å². The number of phenolic OH excluding ortho intramolecular Hbond substituents is 1. The van der Waals surface area contributed by atoms with Crippen LogP contribution in [0.2, 0.25) is 0 Å². The second-order valence-corrected chi connectivity index (χ2v) is 8.44. The van der Waals surface area contributed by atoms with Crippen molar-refractivity contribution < 1.29 is 44.0 Å². The summed E-state index contributed by atoms with van der Waals surface area (Å²) < 4.78 is 23.2. The number of carbonyl (C=O) groups excluding carboxylic acids is 3. The zero-order chi connectivity index (χ0) is 26.4. The van der Waals surface area contributed by atoms with E-state index in [-0.39, 0.29) is 23.7 Å². The summed E-state index contributed by atoms with van der Waals surface area (Å²) in [6.07, 6.45) is -1.87. The molecule has 7 N–H and O–H groups in total. The van der Waals surface area contributed by atoms with Crippen LogP contribution in [0.1, 0.15) is 28.1 Å². The Bertz CT molecular complexity index is 1250. The van der Waals surface area contributed by atoms with Gasteiger partial charge >= 0.3 is 0 Å². The highest BCUT2D eigenvalue weighted by Crippen LogP contribution is 2.55. The number of ketones is 2. The summed E-state index contributed by atoms with van der Waals surface area (Å²) in [5.41, 5.74) is 0.563. The van der Waals surface area contributed by atoms with Crippen molar-refractivity contribution in [1.82, 2.24) is 4.90 Å². The summed E-state index contributed by atoms with van der Waals surface area (Å²) in [4.78, 5) is 39.6. The molecule has 4 rings (SSSR count). The fourth-order valence-corrected chi connectivity index (χ4v) is 5.44. The molecule has 0 unspecified atom stereocenters. The quantitative estimate of drug-likeness (QED) is 0.313. The van der Waals surface area contributed by atoms with Crippen molar-refractivity contribution in [3.8, 4) is 5.75 Å². The molecule has 3 aliphatic rings. The highest BCUT2D eigenvalue weighted by Gasteiger charge is 2.68. The monoisotopic (exact) mass is 483 g/mol. The number of phenols is 1. The van der Waals surface area contributed by atoms with Gasteiger partial charge in [-0.2, -0.15) is 0 Å². The number of halogens is 1. The van der Waals surface area contributed by atoms with Gasteiger partial charge in [0.05, 0.1) is 23.6 Å². The molecule has 1 fully saturated rings. The molecule has 11 heteroatoms. The first kappa shape index (κ1) is 20.7. The fourth-order valence-electron chi connectivity index (χ4n) is 5.44. The highest BCUT2D eigenvalue weighted by atomic mass is 35.5. The van der Waals surface area contributed by atoms with E-state index in [0.717, 1.165) is 7.05 Å². The number of nitrogens with zero attached hydrogens (tertiary/aromatic N) is 1. The van der Waals surface area contributed by atoms with E-state index in [4.69, 9.17) is 9.85 Å². The van der Waals surface area contributed by atoms with Crippen LogP contribution < -0.4 is 5.73 Å². The van der Waals surface area contributed by atoms with Gasteiger partial charge in [0.15, 0.2) is 11.4 Å². The molecule has 0 bridgehead atoms. The van der Waals surface area contributed by atoms with Gasteiger partial charge in [-0.3, -0.25) is 19.3 Å². The first-order valence-corrected chi connectivity index (χ1v) is 9.79. The largest absolute Gasteiger partial charge is 0.508 e. The first-order chi connectivity index (χ1) is 16.1. The molecule has 0 spiro atoms. The third kappa shape index (κ3) is 2.95. The van der Waals surface area contributed by atoms with Gasteiger partial charge in [0.1, 0.15) is 22.8 Å². The molecule has 1 aromatic carbocycles. The van der Waals surface area contributed by atoms with E-state index in [2.05, 4.69) is 0 Å². The van der Waals surface area contributed by atoms with Gasteiger partial charge in [0, 0.05) is 15.6 Å². The number of hydrogen-bond donors (Lipinski definition) is 6. The summed E-state index contributed by atoms with van der Waals surface area (Å²) in [5, 5.41) is 55.2. The minimum atomic E-state index is -3.18. The maximum atomic E-state index is 13.8. The minimum absolute atomic E-state index is 0. The van der Waals surface area contributed by atoms with Gasteiger partial charge in [-0.25, -0.2) is 0 Å². The van der Waals surface area contributed by atoms with Crippen molar-refractivity contribution in [2.45, 2.75) is 30.6 Å². The number of nitrogens with two attached hydrogens (primary N) is 1. The number of benzene rings is 1. The van der Waals surface area contributed by atoms with Crippen molar-refractivity contribution in [3.05, 3.63) is 46.2 Å². The van der Waals surface area contributed by atoms with Crippen molar-refractivity contribution in [2.75, 3.05) is 14.0 Å². The van der Waals surface area contributed by atoms with Crippen LogP contribution in [0.15, 0.2) is 35.1 Å². The summed E-state index contributed by atoms with van der Waals surface area (Å²) >= 11 is 0. The number of primary amides is 1. The zero-order valence-electron chi connectivity index (χ0n) is 20.5. The van der Waals surface area contributed by atoms with Gasteiger partial charge < -0.3 is 31.3 Å². The van der Waals surface area contributed by atoms with E-state index in [0.29, 0.717) is 10.5 Å². The second-order valence-electron chi connectivity index (χ2n) is 8.44. The first-order valence-electron chi connectivity index (χ1n) is 11.3. The second kappa shape index (κ2) is 7.84. The van der Waals surface area contributed by atoms with Gasteiger partial charge in [0.25, 0.3) is 5.91 Å². The lowest BCUT2D eigenvalue weighted by Crippen LogP contribution is -2.70. The number of aromatic hydroxyl groups is 1. The number of rotatable bonds is 2. The smallest absolute Gasteiger partial charge is 0.255 e. The average Bonchev–Trinajstić information content (AvgIpc) is 2.75. The van der Waals surface area contributed by atoms with Gasteiger partial charge in [-0.1, -0.05) is 19.1 Å². The molecule has 10 nitrogen and oxygen atoms in total. The lowest BCUT2D eigenvalue weighted by molar-refractivity contribution is -0.169. The van der Waals surface area contributed by atoms with Crippen LogP contribution in [0.3, 0.4) is 0 Å². The minimum Gasteiger partial charge on any atom is -0.508 e. The Balaban J connectivity index is 0.00000361. The van der Waals surface area contributed by atoms with Crippen molar-refractivity contribution in [3.63, 3.8) is 0 Å². The van der Waals surface area contributed by atoms with Gasteiger partial charge in [-0.15, -0.1) is 12.4 Å². The Morgan fingerprint density at radius 3 is 2.45 bits per heavy atom. The molecule has 178 valence electrons. The normalized spacial score (nSPS) is 35.1. The van der Waals surface area contributed by atoms with Crippen LogP contribution >= 0.6 is 12.4 Å². The molecule has 1 amide bonds. The predicted molar refractivity (Wildman–Crippen MR) is 118 cm³/mol. The molecule has 0 aliphatic heterocycles. The molecule has 3 aliphatic carbocycles.